The quantitative estimate of drug-likeness (QED) is 0.312. The Kier molecular flexibility index (Phi) is 9.22. The maximum absolute atomic E-state index is 12.8. The van der Waals surface area contributed by atoms with Crippen LogP contribution in [-0.2, 0) is 10.2 Å². The summed E-state index contributed by atoms with van der Waals surface area (Å²) in [6, 6.07) is 8.62. The molecule has 0 spiro atoms. The molecular weight excluding hydrogens is 543 g/mol. The van der Waals surface area contributed by atoms with Crippen LogP contribution in [0.2, 0.25) is 5.02 Å². The Morgan fingerprint density at radius 1 is 1.23 bits per heavy atom. The van der Waals surface area contributed by atoms with Crippen molar-refractivity contribution in [2.45, 2.75) is 50.0 Å². The third-order valence-corrected chi connectivity index (χ3v) is 8.03. The first-order valence-electron chi connectivity index (χ1n) is 11.2. The van der Waals surface area contributed by atoms with Crippen LogP contribution in [-0.4, -0.2) is 61.0 Å². The maximum Gasteiger partial charge on any atom is 0.225 e. The van der Waals surface area contributed by atoms with Crippen LogP contribution in [0, 0.1) is 5.92 Å². The molecule has 0 unspecified atom stereocenters. The van der Waals surface area contributed by atoms with Gasteiger partial charge < -0.3 is 15.5 Å². The highest BCUT2D eigenvalue weighted by Gasteiger charge is 2.44. The zero-order valence-corrected chi connectivity index (χ0v) is 22.1. The van der Waals surface area contributed by atoms with Crippen molar-refractivity contribution in [3.05, 3.63) is 34.9 Å². The van der Waals surface area contributed by atoms with E-state index in [4.69, 9.17) is 11.6 Å². The predicted octanol–water partition coefficient (Wildman–Crippen LogP) is 4.29. The third kappa shape index (κ3) is 6.44. The van der Waals surface area contributed by atoms with E-state index in [1.54, 1.807) is 0 Å². The summed E-state index contributed by atoms with van der Waals surface area (Å²) in [5.74, 6) is 3.63. The van der Waals surface area contributed by atoms with E-state index < -0.39 is 0 Å². The van der Waals surface area contributed by atoms with Gasteiger partial charge in [-0.3, -0.25) is 9.79 Å². The molecule has 0 aromatic heterocycles. The molecule has 1 heterocycles. The molecule has 0 atom stereocenters. The van der Waals surface area contributed by atoms with Crippen molar-refractivity contribution >= 4 is 59.2 Å². The van der Waals surface area contributed by atoms with Crippen molar-refractivity contribution in [3.63, 3.8) is 0 Å². The number of nitrogens with zero attached hydrogens (tertiary/aromatic N) is 2. The standard InChI is InChI=1S/C23H33ClN4OS.HI/c1-25-22(26-16-23(9-10-23)18-3-2-4-19(24)15-18)27-20-7-5-17(6-8-20)21(29)28-11-13-30-14-12-28;/h2-4,15,17,20H,5-14,16H2,1H3,(H2,25,26,27);1H. The first-order valence-corrected chi connectivity index (χ1v) is 12.7. The van der Waals surface area contributed by atoms with Gasteiger partial charge in [-0.05, 0) is 56.2 Å². The van der Waals surface area contributed by atoms with Gasteiger partial charge in [0, 0.05) is 60.6 Å². The minimum atomic E-state index is 0. The molecule has 1 aromatic carbocycles. The van der Waals surface area contributed by atoms with Crippen molar-refractivity contribution in [3.8, 4) is 0 Å². The lowest BCUT2D eigenvalue weighted by Gasteiger charge is -2.34. The molecule has 2 N–H and O–H groups in total. The lowest BCUT2D eigenvalue weighted by Crippen LogP contribution is -2.48. The van der Waals surface area contributed by atoms with Gasteiger partial charge in [0.25, 0.3) is 0 Å². The largest absolute Gasteiger partial charge is 0.356 e. The highest BCUT2D eigenvalue weighted by Crippen LogP contribution is 2.48. The van der Waals surface area contributed by atoms with Crippen LogP contribution in [0.1, 0.15) is 44.1 Å². The average Bonchev–Trinajstić information content (AvgIpc) is 3.58. The third-order valence-electron chi connectivity index (χ3n) is 6.85. The highest BCUT2D eigenvalue weighted by molar-refractivity contribution is 14.0. The number of amides is 1. The van der Waals surface area contributed by atoms with Crippen molar-refractivity contribution < 1.29 is 4.79 Å². The van der Waals surface area contributed by atoms with E-state index in [1.165, 1.54) is 18.4 Å². The molecule has 3 fully saturated rings. The topological polar surface area (TPSA) is 56.7 Å². The van der Waals surface area contributed by atoms with Crippen LogP contribution in [0.5, 0.6) is 0 Å². The molecule has 31 heavy (non-hydrogen) atoms. The minimum absolute atomic E-state index is 0. The van der Waals surface area contributed by atoms with Crippen LogP contribution >= 0.6 is 47.3 Å². The Labute approximate surface area is 212 Å². The van der Waals surface area contributed by atoms with Crippen molar-refractivity contribution in [2.75, 3.05) is 38.2 Å². The van der Waals surface area contributed by atoms with Gasteiger partial charge in [-0.1, -0.05) is 23.7 Å². The number of thioether (sulfide) groups is 1. The summed E-state index contributed by atoms with van der Waals surface area (Å²) < 4.78 is 0. The van der Waals surface area contributed by atoms with Crippen molar-refractivity contribution in [2.24, 2.45) is 10.9 Å². The summed E-state index contributed by atoms with van der Waals surface area (Å²) in [7, 11) is 1.83. The Morgan fingerprint density at radius 3 is 2.55 bits per heavy atom. The van der Waals surface area contributed by atoms with Gasteiger partial charge in [-0.2, -0.15) is 11.8 Å². The number of hydrogen-bond acceptors (Lipinski definition) is 3. The van der Waals surface area contributed by atoms with Gasteiger partial charge in [0.2, 0.25) is 5.91 Å². The first kappa shape index (κ1) is 25.0. The van der Waals surface area contributed by atoms with Crippen molar-refractivity contribution in [1.82, 2.24) is 15.5 Å². The minimum Gasteiger partial charge on any atom is -0.356 e. The molecule has 1 saturated heterocycles. The fourth-order valence-electron chi connectivity index (χ4n) is 4.70. The Morgan fingerprint density at radius 2 is 1.94 bits per heavy atom. The number of halogens is 2. The fraction of sp³-hybridized carbons (Fsp3) is 0.652. The number of aliphatic imine (C=N–C) groups is 1. The number of benzene rings is 1. The fourth-order valence-corrected chi connectivity index (χ4v) is 5.80. The van der Waals surface area contributed by atoms with E-state index in [0.29, 0.717) is 11.9 Å². The highest BCUT2D eigenvalue weighted by atomic mass is 127. The summed E-state index contributed by atoms with van der Waals surface area (Å²) in [6.45, 7) is 2.72. The molecule has 2 saturated carbocycles. The molecule has 0 bridgehead atoms. The van der Waals surface area contributed by atoms with Crippen LogP contribution in [0.25, 0.3) is 0 Å². The zero-order chi connectivity index (χ0) is 21.0. The lowest BCUT2D eigenvalue weighted by molar-refractivity contribution is -0.136. The van der Waals surface area contributed by atoms with E-state index in [2.05, 4.69) is 32.7 Å². The number of carbonyl (C=O) groups is 1. The van der Waals surface area contributed by atoms with Gasteiger partial charge in [-0.25, -0.2) is 0 Å². The van der Waals surface area contributed by atoms with Crippen molar-refractivity contribution in [1.29, 1.82) is 0 Å². The Hall–Kier alpha value is -0.670. The van der Waals surface area contributed by atoms with Gasteiger partial charge in [0.1, 0.15) is 0 Å². The second-order valence-electron chi connectivity index (χ2n) is 8.85. The van der Waals surface area contributed by atoms with Gasteiger partial charge in [0.05, 0.1) is 0 Å². The number of guanidine groups is 1. The molecule has 3 aliphatic rings. The normalized spacial score (nSPS) is 25.4. The monoisotopic (exact) mass is 576 g/mol. The van der Waals surface area contributed by atoms with E-state index in [1.807, 2.05) is 30.9 Å². The summed E-state index contributed by atoms with van der Waals surface area (Å²) in [4.78, 5) is 19.3. The van der Waals surface area contributed by atoms with Gasteiger partial charge in [0.15, 0.2) is 5.96 Å². The van der Waals surface area contributed by atoms with Crippen LogP contribution in [0.4, 0.5) is 0 Å². The molecule has 1 aliphatic heterocycles. The average molecular weight is 577 g/mol. The smallest absolute Gasteiger partial charge is 0.225 e. The Balaban J connectivity index is 0.00000272. The first-order chi connectivity index (χ1) is 14.6. The Bertz CT molecular complexity index is 775. The molecular formula is C23H34ClIN4OS. The predicted molar refractivity (Wildman–Crippen MR) is 142 cm³/mol. The lowest BCUT2D eigenvalue weighted by atomic mass is 9.85. The molecule has 4 rings (SSSR count). The summed E-state index contributed by atoms with van der Waals surface area (Å²) in [6.07, 6.45) is 6.37. The van der Waals surface area contributed by atoms with E-state index in [0.717, 1.165) is 67.8 Å². The molecule has 1 amide bonds. The number of hydrogen-bond donors (Lipinski definition) is 2. The molecule has 0 radical (unpaired) electrons. The van der Waals surface area contributed by atoms with E-state index in [-0.39, 0.29) is 35.3 Å². The molecule has 172 valence electrons. The second kappa shape index (κ2) is 11.5. The molecule has 2 aliphatic carbocycles. The van der Waals surface area contributed by atoms with Crippen LogP contribution in [0.15, 0.2) is 29.3 Å². The summed E-state index contributed by atoms with van der Waals surface area (Å²) in [5, 5.41) is 7.94. The number of nitrogens with one attached hydrogen (secondary N) is 2. The number of rotatable bonds is 5. The molecule has 1 aromatic rings. The maximum atomic E-state index is 12.8. The van der Waals surface area contributed by atoms with Gasteiger partial charge in [-0.15, -0.1) is 24.0 Å². The van der Waals surface area contributed by atoms with Gasteiger partial charge >= 0.3 is 0 Å². The zero-order valence-electron chi connectivity index (χ0n) is 18.2. The van der Waals surface area contributed by atoms with Crippen LogP contribution in [0.3, 0.4) is 0 Å². The van der Waals surface area contributed by atoms with E-state index >= 15 is 0 Å². The summed E-state index contributed by atoms with van der Waals surface area (Å²) in [5.41, 5.74) is 1.49. The summed E-state index contributed by atoms with van der Waals surface area (Å²) >= 11 is 8.15. The molecule has 8 heteroatoms. The second-order valence-corrected chi connectivity index (χ2v) is 10.5. The number of carbonyl (C=O) groups excluding carboxylic acids is 1. The SMILES string of the molecule is CN=C(NCC1(c2cccc(Cl)c2)CC1)NC1CCC(C(=O)N2CCSCC2)CC1.I. The molecule has 5 nitrogen and oxygen atoms in total. The van der Waals surface area contributed by atoms with E-state index in [9.17, 15) is 4.79 Å². The van der Waals surface area contributed by atoms with Crippen LogP contribution < -0.4 is 10.6 Å².